The van der Waals surface area contributed by atoms with Crippen LogP contribution in [0.15, 0.2) is 30.3 Å². The smallest absolute Gasteiger partial charge is 0.224 e. The van der Waals surface area contributed by atoms with Crippen molar-refractivity contribution in [1.82, 2.24) is 24.9 Å². The predicted octanol–water partition coefficient (Wildman–Crippen LogP) is 1.09. The number of rotatable bonds is 9. The lowest BCUT2D eigenvalue weighted by Crippen LogP contribution is -2.52. The number of likely N-dealkylation sites (N-methyl/N-ethyl adjacent to an activating group) is 2. The highest BCUT2D eigenvalue weighted by atomic mass is 16.1. The van der Waals surface area contributed by atoms with Gasteiger partial charge in [0.1, 0.15) is 0 Å². The van der Waals surface area contributed by atoms with Gasteiger partial charge in [-0.2, -0.15) is 0 Å². The Hall–Kier alpha value is -1.47. The van der Waals surface area contributed by atoms with Gasteiger partial charge in [-0.3, -0.25) is 4.79 Å². The summed E-state index contributed by atoms with van der Waals surface area (Å²) in [5.41, 5.74) is 1.38. The van der Waals surface area contributed by atoms with Crippen LogP contribution >= 0.6 is 0 Å². The first-order chi connectivity index (χ1) is 14.5. The minimum Gasteiger partial charge on any atom is -0.355 e. The molecule has 6 heteroatoms. The van der Waals surface area contributed by atoms with Crippen molar-refractivity contribution in [2.24, 2.45) is 11.8 Å². The minimum atomic E-state index is 0.106. The average molecular weight is 416 g/mol. The van der Waals surface area contributed by atoms with E-state index in [1.165, 1.54) is 5.56 Å². The van der Waals surface area contributed by atoms with Crippen molar-refractivity contribution in [3.8, 4) is 0 Å². The summed E-state index contributed by atoms with van der Waals surface area (Å²) in [5, 5.41) is 3.18. The molecule has 0 unspecified atom stereocenters. The van der Waals surface area contributed by atoms with Crippen molar-refractivity contribution in [2.75, 3.05) is 86.6 Å². The summed E-state index contributed by atoms with van der Waals surface area (Å²) in [4.78, 5) is 22.6. The highest BCUT2D eigenvalue weighted by molar-refractivity contribution is 5.79. The molecular weight excluding hydrogens is 374 g/mol. The highest BCUT2D eigenvalue weighted by Crippen LogP contribution is 2.24. The third-order valence-corrected chi connectivity index (χ3v) is 6.51. The maximum atomic E-state index is 12.9. The first-order valence-corrected chi connectivity index (χ1v) is 11.6. The molecular formula is C24H41N5O. The molecule has 0 spiro atoms. The number of piperazine rings is 1. The number of hydrogen-bond acceptors (Lipinski definition) is 5. The maximum Gasteiger partial charge on any atom is 0.224 e. The Morgan fingerprint density at radius 3 is 2.50 bits per heavy atom. The molecule has 1 N–H and O–H groups in total. The molecule has 2 fully saturated rings. The van der Waals surface area contributed by atoms with Crippen molar-refractivity contribution in [2.45, 2.75) is 12.8 Å². The molecule has 2 heterocycles. The number of hydrogen-bond donors (Lipinski definition) is 1. The van der Waals surface area contributed by atoms with Crippen molar-refractivity contribution >= 4 is 5.91 Å². The van der Waals surface area contributed by atoms with E-state index < -0.39 is 0 Å². The quantitative estimate of drug-likeness (QED) is 0.654. The van der Waals surface area contributed by atoms with E-state index in [9.17, 15) is 4.79 Å². The van der Waals surface area contributed by atoms with Gasteiger partial charge in [-0.05, 0) is 45.5 Å². The van der Waals surface area contributed by atoms with Gasteiger partial charge in [0.2, 0.25) is 5.91 Å². The van der Waals surface area contributed by atoms with Crippen LogP contribution < -0.4 is 5.32 Å². The van der Waals surface area contributed by atoms with Crippen LogP contribution in [0.25, 0.3) is 0 Å². The van der Waals surface area contributed by atoms with Gasteiger partial charge in [-0.1, -0.05) is 30.3 Å². The number of likely N-dealkylation sites (tertiary alicyclic amines) is 1. The number of carbonyl (C=O) groups is 1. The summed E-state index contributed by atoms with van der Waals surface area (Å²) in [6, 6.07) is 10.7. The molecule has 6 nitrogen and oxygen atoms in total. The monoisotopic (exact) mass is 415 g/mol. The first-order valence-electron chi connectivity index (χ1n) is 11.6. The fourth-order valence-electron chi connectivity index (χ4n) is 4.68. The van der Waals surface area contributed by atoms with E-state index in [4.69, 9.17) is 0 Å². The van der Waals surface area contributed by atoms with Gasteiger partial charge in [0.05, 0.1) is 5.92 Å². The van der Waals surface area contributed by atoms with E-state index in [2.05, 4.69) is 62.3 Å². The molecule has 168 valence electrons. The average Bonchev–Trinajstić information content (AvgIpc) is 2.74. The van der Waals surface area contributed by atoms with E-state index >= 15 is 0 Å². The number of benzene rings is 1. The second-order valence-electron chi connectivity index (χ2n) is 9.49. The van der Waals surface area contributed by atoms with E-state index in [0.717, 1.165) is 78.3 Å². The minimum absolute atomic E-state index is 0.106. The first kappa shape index (κ1) is 23.2. The lowest BCUT2D eigenvalue weighted by atomic mass is 9.87. The Bertz CT molecular complexity index is 630. The third kappa shape index (κ3) is 7.65. The molecule has 3 rings (SSSR count). The van der Waals surface area contributed by atoms with Gasteiger partial charge in [0.25, 0.3) is 0 Å². The summed E-state index contributed by atoms with van der Waals surface area (Å²) in [5.74, 6) is 0.918. The largest absolute Gasteiger partial charge is 0.355 e. The van der Waals surface area contributed by atoms with Crippen LogP contribution in [0.5, 0.6) is 0 Å². The van der Waals surface area contributed by atoms with E-state index in [1.807, 2.05) is 14.1 Å². The topological polar surface area (TPSA) is 42.1 Å². The lowest BCUT2D eigenvalue weighted by molar-refractivity contribution is -0.127. The van der Waals surface area contributed by atoms with Crippen LogP contribution in [0.1, 0.15) is 12.0 Å². The molecule has 2 aliphatic heterocycles. The summed E-state index contributed by atoms with van der Waals surface area (Å²) >= 11 is 0. The molecule has 0 radical (unpaired) electrons. The van der Waals surface area contributed by atoms with E-state index in [0.29, 0.717) is 5.92 Å². The molecule has 0 bridgehead atoms. The van der Waals surface area contributed by atoms with Gasteiger partial charge in [0, 0.05) is 65.4 Å². The Morgan fingerprint density at radius 2 is 1.80 bits per heavy atom. The molecule has 30 heavy (non-hydrogen) atoms. The molecule has 1 amide bonds. The summed E-state index contributed by atoms with van der Waals surface area (Å²) in [7, 11) is 6.30. The SMILES string of the molecule is CN(C)CCNC(=O)[C@@H]1C[C@H](CN2CCN(C)CC2)CN(CCc2ccccc2)C1. The van der Waals surface area contributed by atoms with Crippen molar-refractivity contribution in [3.05, 3.63) is 35.9 Å². The molecule has 1 aromatic carbocycles. The molecule has 1 aromatic rings. The zero-order valence-corrected chi connectivity index (χ0v) is 19.2. The van der Waals surface area contributed by atoms with Gasteiger partial charge in [0.15, 0.2) is 0 Å². The zero-order valence-electron chi connectivity index (χ0n) is 19.2. The number of amides is 1. The second kappa shape index (κ2) is 11.8. The number of piperidine rings is 1. The second-order valence-corrected chi connectivity index (χ2v) is 9.49. The highest BCUT2D eigenvalue weighted by Gasteiger charge is 2.32. The van der Waals surface area contributed by atoms with Crippen molar-refractivity contribution in [3.63, 3.8) is 0 Å². The van der Waals surface area contributed by atoms with E-state index in [-0.39, 0.29) is 11.8 Å². The van der Waals surface area contributed by atoms with E-state index in [1.54, 1.807) is 0 Å². The fraction of sp³-hybridized carbons (Fsp3) is 0.708. The predicted molar refractivity (Wildman–Crippen MR) is 124 cm³/mol. The summed E-state index contributed by atoms with van der Waals surface area (Å²) in [6.07, 6.45) is 2.07. The van der Waals surface area contributed by atoms with Crippen molar-refractivity contribution in [1.29, 1.82) is 0 Å². The Kier molecular flexibility index (Phi) is 9.12. The third-order valence-electron chi connectivity index (χ3n) is 6.51. The summed E-state index contributed by atoms with van der Waals surface area (Å²) in [6.45, 7) is 10.4. The number of carbonyl (C=O) groups excluding carboxylic acids is 1. The maximum absolute atomic E-state index is 12.9. The molecule has 0 aromatic heterocycles. The molecule has 0 aliphatic carbocycles. The summed E-state index contributed by atoms with van der Waals surface area (Å²) < 4.78 is 0. The van der Waals surface area contributed by atoms with Crippen LogP contribution in [-0.2, 0) is 11.2 Å². The van der Waals surface area contributed by atoms with Crippen LogP contribution in [0, 0.1) is 11.8 Å². The van der Waals surface area contributed by atoms with Crippen LogP contribution in [0.4, 0.5) is 0 Å². The lowest BCUT2D eigenvalue weighted by Gasteiger charge is -2.41. The fourth-order valence-corrected chi connectivity index (χ4v) is 4.68. The van der Waals surface area contributed by atoms with Gasteiger partial charge in [-0.25, -0.2) is 0 Å². The molecule has 2 saturated heterocycles. The van der Waals surface area contributed by atoms with Crippen LogP contribution in [0.2, 0.25) is 0 Å². The van der Waals surface area contributed by atoms with Crippen LogP contribution in [-0.4, -0.2) is 112 Å². The normalized spacial score (nSPS) is 24.3. The Balaban J connectivity index is 1.56. The standard InChI is InChI=1S/C24H41N5O/c1-26(2)12-10-25-24(30)23-17-22(18-28-15-13-27(3)14-16-28)19-29(20-23)11-9-21-7-5-4-6-8-21/h4-8,22-23H,9-20H2,1-3H3,(H,25,30)/t22-,23-/m1/s1. The number of nitrogens with zero attached hydrogens (tertiary/aromatic N) is 4. The Labute approximate surface area is 183 Å². The molecule has 2 aliphatic rings. The van der Waals surface area contributed by atoms with Gasteiger partial charge < -0.3 is 24.9 Å². The Morgan fingerprint density at radius 1 is 1.07 bits per heavy atom. The molecule has 2 atom stereocenters. The molecule has 0 saturated carbocycles. The zero-order chi connectivity index (χ0) is 21.3. The van der Waals surface area contributed by atoms with Gasteiger partial charge in [-0.15, -0.1) is 0 Å². The van der Waals surface area contributed by atoms with Gasteiger partial charge >= 0.3 is 0 Å². The van der Waals surface area contributed by atoms with Crippen molar-refractivity contribution < 1.29 is 4.79 Å². The number of nitrogens with one attached hydrogen (secondary N) is 1. The van der Waals surface area contributed by atoms with Crippen LogP contribution in [0.3, 0.4) is 0 Å².